The molecule has 192 valence electrons. The topological polar surface area (TPSA) is 64.7 Å². The summed E-state index contributed by atoms with van der Waals surface area (Å²) >= 11 is 0. The standard InChI is InChI=1S/C36H22N4O/c1-4-12-23(13-5-1)32-31-28-18-10-11-19-30(28)41-33(31)27-21-20-26(22-29(27)37-32)36-39-34(24-14-6-2-7-15-24)38-35(40-36)25-16-8-3-9-17-25/h1-22H. The van der Waals surface area contributed by atoms with Crippen molar-refractivity contribution in [1.82, 2.24) is 19.9 Å². The molecule has 0 aliphatic rings. The molecule has 0 spiro atoms. The van der Waals surface area contributed by atoms with Gasteiger partial charge in [0.25, 0.3) is 0 Å². The third-order valence-corrected chi connectivity index (χ3v) is 7.31. The maximum atomic E-state index is 6.45. The van der Waals surface area contributed by atoms with Gasteiger partial charge in [-0.25, -0.2) is 19.9 Å². The number of hydrogen-bond acceptors (Lipinski definition) is 5. The SMILES string of the molecule is c1ccc(-c2nc(-c3ccccc3)nc(-c3ccc4c(c3)nc(-c3ccccc3)c3c5ccccc5oc43)n2)cc1. The smallest absolute Gasteiger partial charge is 0.164 e. The second kappa shape index (κ2) is 9.50. The van der Waals surface area contributed by atoms with E-state index in [2.05, 4.69) is 24.3 Å². The lowest BCUT2D eigenvalue weighted by Crippen LogP contribution is -2.00. The van der Waals surface area contributed by atoms with E-state index in [0.29, 0.717) is 17.5 Å². The van der Waals surface area contributed by atoms with Crippen molar-refractivity contribution in [2.45, 2.75) is 0 Å². The Morgan fingerprint density at radius 2 is 0.951 bits per heavy atom. The number of fused-ring (bicyclic) bond motifs is 5. The Morgan fingerprint density at radius 3 is 1.59 bits per heavy atom. The number of hydrogen-bond donors (Lipinski definition) is 0. The fourth-order valence-corrected chi connectivity index (χ4v) is 5.34. The molecule has 0 N–H and O–H groups in total. The second-order valence-corrected chi connectivity index (χ2v) is 9.90. The monoisotopic (exact) mass is 526 g/mol. The largest absolute Gasteiger partial charge is 0.455 e. The van der Waals surface area contributed by atoms with Crippen LogP contribution in [0.25, 0.3) is 78.3 Å². The van der Waals surface area contributed by atoms with Crippen LogP contribution < -0.4 is 0 Å². The molecule has 5 aromatic carbocycles. The second-order valence-electron chi connectivity index (χ2n) is 9.90. The van der Waals surface area contributed by atoms with Crippen molar-refractivity contribution in [1.29, 1.82) is 0 Å². The van der Waals surface area contributed by atoms with E-state index >= 15 is 0 Å². The summed E-state index contributed by atoms with van der Waals surface area (Å²) in [6.07, 6.45) is 0. The van der Waals surface area contributed by atoms with E-state index in [9.17, 15) is 0 Å². The lowest BCUT2D eigenvalue weighted by atomic mass is 10.0. The Labute approximate surface area is 235 Å². The average Bonchev–Trinajstić information content (AvgIpc) is 3.45. The molecular weight excluding hydrogens is 504 g/mol. The van der Waals surface area contributed by atoms with Crippen LogP contribution in [-0.4, -0.2) is 19.9 Å². The van der Waals surface area contributed by atoms with Crippen LogP contribution in [0.15, 0.2) is 138 Å². The number of aromatic nitrogens is 4. The van der Waals surface area contributed by atoms with Gasteiger partial charge in [-0.1, -0.05) is 115 Å². The van der Waals surface area contributed by atoms with Crippen molar-refractivity contribution in [3.05, 3.63) is 133 Å². The van der Waals surface area contributed by atoms with Gasteiger partial charge in [0.15, 0.2) is 17.5 Å². The molecule has 41 heavy (non-hydrogen) atoms. The van der Waals surface area contributed by atoms with Crippen LogP contribution >= 0.6 is 0 Å². The van der Waals surface area contributed by atoms with Gasteiger partial charge in [0.05, 0.1) is 16.6 Å². The molecule has 0 unspecified atom stereocenters. The molecule has 0 amide bonds. The number of rotatable bonds is 4. The summed E-state index contributed by atoms with van der Waals surface area (Å²) in [4.78, 5) is 19.9. The first-order valence-corrected chi connectivity index (χ1v) is 13.5. The van der Waals surface area contributed by atoms with E-state index in [-0.39, 0.29) is 0 Å². The van der Waals surface area contributed by atoms with Crippen LogP contribution in [0.5, 0.6) is 0 Å². The molecular formula is C36H22N4O. The van der Waals surface area contributed by atoms with E-state index < -0.39 is 0 Å². The third kappa shape index (κ3) is 4.03. The molecule has 0 aliphatic carbocycles. The molecule has 5 heteroatoms. The highest BCUT2D eigenvalue weighted by Gasteiger charge is 2.19. The zero-order valence-corrected chi connectivity index (χ0v) is 21.9. The first-order chi connectivity index (χ1) is 20.3. The van der Waals surface area contributed by atoms with Crippen molar-refractivity contribution < 1.29 is 4.42 Å². The lowest BCUT2D eigenvalue weighted by Gasteiger charge is -2.10. The Bertz CT molecular complexity index is 2130. The van der Waals surface area contributed by atoms with E-state index in [0.717, 1.165) is 60.8 Å². The molecule has 0 saturated heterocycles. The van der Waals surface area contributed by atoms with Gasteiger partial charge in [-0.2, -0.15) is 0 Å². The Morgan fingerprint density at radius 1 is 0.415 bits per heavy atom. The number of benzene rings is 5. The number of furan rings is 1. The van der Waals surface area contributed by atoms with Crippen molar-refractivity contribution in [3.8, 4) is 45.4 Å². The molecule has 8 aromatic rings. The van der Waals surface area contributed by atoms with Crippen LogP contribution in [0.1, 0.15) is 0 Å². The van der Waals surface area contributed by atoms with Crippen molar-refractivity contribution in [2.24, 2.45) is 0 Å². The van der Waals surface area contributed by atoms with Gasteiger partial charge in [0.1, 0.15) is 11.2 Å². The Kier molecular flexibility index (Phi) is 5.38. The summed E-state index contributed by atoms with van der Waals surface area (Å²) in [5.41, 5.74) is 7.13. The minimum absolute atomic E-state index is 0.590. The third-order valence-electron chi connectivity index (χ3n) is 7.31. The van der Waals surface area contributed by atoms with Crippen molar-refractivity contribution in [2.75, 3.05) is 0 Å². The highest BCUT2D eigenvalue weighted by Crippen LogP contribution is 2.40. The average molecular weight is 527 g/mol. The minimum atomic E-state index is 0.590. The number of nitrogens with zero attached hydrogens (tertiary/aromatic N) is 4. The molecule has 0 bridgehead atoms. The quantitative estimate of drug-likeness (QED) is 0.229. The highest BCUT2D eigenvalue weighted by atomic mass is 16.3. The van der Waals surface area contributed by atoms with E-state index in [1.165, 1.54) is 0 Å². The van der Waals surface area contributed by atoms with Crippen LogP contribution in [0.3, 0.4) is 0 Å². The zero-order valence-electron chi connectivity index (χ0n) is 21.9. The molecule has 0 atom stereocenters. The predicted octanol–water partition coefficient (Wildman–Crippen LogP) is 8.99. The molecule has 8 rings (SSSR count). The maximum Gasteiger partial charge on any atom is 0.164 e. The highest BCUT2D eigenvalue weighted by molar-refractivity contribution is 6.19. The van der Waals surface area contributed by atoms with Gasteiger partial charge >= 0.3 is 0 Å². The maximum absolute atomic E-state index is 6.45. The molecule has 0 fully saturated rings. The van der Waals surface area contributed by atoms with E-state index in [4.69, 9.17) is 24.4 Å². The van der Waals surface area contributed by atoms with Gasteiger partial charge in [-0.15, -0.1) is 0 Å². The van der Waals surface area contributed by atoms with E-state index in [1.807, 2.05) is 109 Å². The lowest BCUT2D eigenvalue weighted by molar-refractivity contribution is 0.672. The first-order valence-electron chi connectivity index (χ1n) is 13.5. The normalized spacial score (nSPS) is 11.4. The van der Waals surface area contributed by atoms with Crippen molar-refractivity contribution in [3.63, 3.8) is 0 Å². The van der Waals surface area contributed by atoms with Crippen LogP contribution in [0, 0.1) is 0 Å². The van der Waals surface area contributed by atoms with Crippen LogP contribution in [-0.2, 0) is 0 Å². The molecule has 5 nitrogen and oxygen atoms in total. The molecule has 0 radical (unpaired) electrons. The summed E-state index contributed by atoms with van der Waals surface area (Å²) in [5, 5.41) is 3.02. The van der Waals surface area contributed by atoms with Gasteiger partial charge in [0, 0.05) is 33.0 Å². The van der Waals surface area contributed by atoms with Gasteiger partial charge in [-0.05, 0) is 18.2 Å². The fraction of sp³-hybridized carbons (Fsp3) is 0. The van der Waals surface area contributed by atoms with Crippen molar-refractivity contribution >= 4 is 32.8 Å². The fourth-order valence-electron chi connectivity index (χ4n) is 5.34. The summed E-state index contributed by atoms with van der Waals surface area (Å²) in [7, 11) is 0. The Balaban J connectivity index is 1.38. The molecule has 0 saturated carbocycles. The summed E-state index contributed by atoms with van der Waals surface area (Å²) in [6.45, 7) is 0. The van der Waals surface area contributed by atoms with Gasteiger partial charge in [-0.3, -0.25) is 0 Å². The van der Waals surface area contributed by atoms with Gasteiger partial charge in [0.2, 0.25) is 0 Å². The predicted molar refractivity (Wildman–Crippen MR) is 164 cm³/mol. The molecule has 0 aliphatic heterocycles. The molecule has 3 aromatic heterocycles. The number of pyridine rings is 1. The van der Waals surface area contributed by atoms with E-state index in [1.54, 1.807) is 0 Å². The first kappa shape index (κ1) is 23.2. The zero-order chi connectivity index (χ0) is 27.2. The van der Waals surface area contributed by atoms with Crippen LogP contribution in [0.2, 0.25) is 0 Å². The number of para-hydroxylation sites is 1. The minimum Gasteiger partial charge on any atom is -0.455 e. The van der Waals surface area contributed by atoms with Crippen LogP contribution in [0.4, 0.5) is 0 Å². The summed E-state index contributed by atoms with van der Waals surface area (Å²) < 4.78 is 6.45. The summed E-state index contributed by atoms with van der Waals surface area (Å²) in [6, 6.07) is 44.5. The van der Waals surface area contributed by atoms with Gasteiger partial charge < -0.3 is 4.42 Å². The molecule has 3 heterocycles. The Hall–Kier alpha value is -5.68. The summed E-state index contributed by atoms with van der Waals surface area (Å²) in [5.74, 6) is 1.84.